The van der Waals surface area contributed by atoms with E-state index in [1.807, 2.05) is 0 Å². The summed E-state index contributed by atoms with van der Waals surface area (Å²) in [5, 5.41) is -0.521. The van der Waals surface area contributed by atoms with E-state index in [0.717, 1.165) is 16.7 Å². The number of esters is 1. The molecule has 0 atom stereocenters. The van der Waals surface area contributed by atoms with Gasteiger partial charge in [-0.15, -0.1) is 0 Å². The highest BCUT2D eigenvalue weighted by molar-refractivity contribution is 8.18. The summed E-state index contributed by atoms with van der Waals surface area (Å²) in [7, 11) is 0. The van der Waals surface area contributed by atoms with Crippen LogP contribution in [0, 0.1) is 5.82 Å². The van der Waals surface area contributed by atoms with Crippen LogP contribution in [0.5, 0.6) is 0 Å². The first-order chi connectivity index (χ1) is 12.8. The van der Waals surface area contributed by atoms with E-state index in [4.69, 9.17) is 4.74 Å². The molecule has 0 N–H and O–H groups in total. The van der Waals surface area contributed by atoms with Gasteiger partial charge in [-0.3, -0.25) is 19.3 Å². The molecule has 3 rings (SSSR count). The summed E-state index contributed by atoms with van der Waals surface area (Å²) < 4.78 is 19.9. The number of halogens is 1. The molecule has 0 radical (unpaired) electrons. The molecule has 0 spiro atoms. The average Bonchev–Trinajstić information content (AvgIpc) is 3.15. The number of ether oxygens (including phenoxy) is 1. The van der Waals surface area contributed by atoms with Crippen LogP contribution >= 0.6 is 11.8 Å². The lowest BCUT2D eigenvalue weighted by Gasteiger charge is -2.13. The van der Waals surface area contributed by atoms with Gasteiger partial charge in [0.05, 0.1) is 11.0 Å². The van der Waals surface area contributed by atoms with E-state index in [2.05, 4.69) is 0 Å². The zero-order valence-electron chi connectivity index (χ0n) is 14.7. The Morgan fingerprint density at radius 3 is 2.59 bits per heavy atom. The maximum Gasteiger partial charge on any atom is 0.326 e. The molecule has 27 heavy (non-hydrogen) atoms. The molecule has 140 valence electrons. The van der Waals surface area contributed by atoms with Crippen LogP contribution in [-0.4, -0.2) is 39.2 Å². The summed E-state index contributed by atoms with van der Waals surface area (Å²) in [4.78, 5) is 37.4. The average molecular weight is 388 g/mol. The van der Waals surface area contributed by atoms with E-state index in [-0.39, 0.29) is 16.8 Å². The number of hydrogen-bond acceptors (Lipinski definition) is 5. The molecule has 6 nitrogen and oxygen atoms in total. The second kappa shape index (κ2) is 7.79. The molecule has 0 unspecified atom stereocenters. The molecular weight excluding hydrogens is 371 g/mol. The van der Waals surface area contributed by atoms with Crippen molar-refractivity contribution in [1.29, 1.82) is 0 Å². The van der Waals surface area contributed by atoms with Crippen LogP contribution in [0.3, 0.4) is 0 Å². The van der Waals surface area contributed by atoms with Crippen molar-refractivity contribution >= 4 is 35.0 Å². The Balaban J connectivity index is 1.82. The highest BCUT2D eigenvalue weighted by Gasteiger charge is 2.37. The van der Waals surface area contributed by atoms with Gasteiger partial charge in [0, 0.05) is 17.6 Å². The van der Waals surface area contributed by atoms with Crippen LogP contribution in [-0.2, 0) is 14.3 Å². The smallest absolute Gasteiger partial charge is 0.326 e. The van der Waals surface area contributed by atoms with Crippen LogP contribution in [0.25, 0.3) is 11.8 Å². The van der Waals surface area contributed by atoms with Gasteiger partial charge < -0.3 is 9.30 Å². The van der Waals surface area contributed by atoms with Crippen molar-refractivity contribution in [3.63, 3.8) is 0 Å². The molecule has 1 aliphatic heterocycles. The first kappa shape index (κ1) is 18.9. The topological polar surface area (TPSA) is 68.6 Å². The Labute approximate surface area is 159 Å². The highest BCUT2D eigenvalue weighted by Crippen LogP contribution is 2.32. The maximum atomic E-state index is 13.1. The quantitative estimate of drug-likeness (QED) is 0.578. The largest absolute Gasteiger partial charge is 0.462 e. The van der Waals surface area contributed by atoms with Crippen LogP contribution < -0.4 is 0 Å². The lowest BCUT2D eigenvalue weighted by atomic mass is 10.3. The van der Waals surface area contributed by atoms with Crippen LogP contribution in [0.1, 0.15) is 19.5 Å². The minimum atomic E-state index is -0.636. The number of amides is 2. The molecular formula is C19H17FN2O4S. The Morgan fingerprint density at radius 1 is 1.22 bits per heavy atom. The second-order valence-electron chi connectivity index (χ2n) is 6.09. The Bertz CT molecular complexity index is 918. The molecule has 1 aromatic heterocycles. The lowest BCUT2D eigenvalue weighted by molar-refractivity contribution is -0.149. The molecule has 0 aliphatic carbocycles. The summed E-state index contributed by atoms with van der Waals surface area (Å²) in [5.41, 5.74) is 1.37. The van der Waals surface area contributed by atoms with Crippen molar-refractivity contribution in [1.82, 2.24) is 9.47 Å². The van der Waals surface area contributed by atoms with Crippen molar-refractivity contribution in [3.8, 4) is 5.69 Å². The molecule has 1 saturated heterocycles. The van der Waals surface area contributed by atoms with Gasteiger partial charge in [0.25, 0.3) is 11.1 Å². The van der Waals surface area contributed by atoms with E-state index >= 15 is 0 Å². The number of aromatic nitrogens is 1. The molecule has 1 aromatic carbocycles. The van der Waals surface area contributed by atoms with E-state index in [9.17, 15) is 18.8 Å². The maximum absolute atomic E-state index is 13.1. The van der Waals surface area contributed by atoms with E-state index in [1.165, 1.54) is 12.1 Å². The number of imide groups is 1. The molecule has 1 aliphatic rings. The van der Waals surface area contributed by atoms with Gasteiger partial charge in [-0.2, -0.15) is 0 Å². The van der Waals surface area contributed by atoms with Gasteiger partial charge in [0.2, 0.25) is 0 Å². The monoisotopic (exact) mass is 388 g/mol. The molecule has 0 bridgehead atoms. The molecule has 8 heteroatoms. The van der Waals surface area contributed by atoms with Gasteiger partial charge in [0.1, 0.15) is 12.4 Å². The van der Waals surface area contributed by atoms with Crippen molar-refractivity contribution in [2.24, 2.45) is 0 Å². The van der Waals surface area contributed by atoms with Crippen molar-refractivity contribution in [2.45, 2.75) is 20.0 Å². The Morgan fingerprint density at radius 2 is 1.93 bits per heavy atom. The standard InChI is InChI=1S/C19H17FN2O4S/c1-12(2)26-17(23)11-22-18(24)16(27-19(22)25)10-15-4-3-9-21(15)14-7-5-13(20)6-8-14/h3-10,12H,11H2,1-2H3/b16-10+. The van der Waals surface area contributed by atoms with Crippen molar-refractivity contribution in [3.05, 3.63) is 59.0 Å². The number of thioether (sulfide) groups is 1. The summed E-state index contributed by atoms with van der Waals surface area (Å²) in [6.45, 7) is 2.96. The SMILES string of the molecule is CC(C)OC(=O)CN1C(=O)S/C(=C/c2cccn2-c2ccc(F)cc2)C1=O. The van der Waals surface area contributed by atoms with Gasteiger partial charge >= 0.3 is 5.97 Å². The summed E-state index contributed by atoms with van der Waals surface area (Å²) in [5.74, 6) is -1.53. The normalized spacial score (nSPS) is 15.9. The van der Waals surface area contributed by atoms with E-state index < -0.39 is 23.7 Å². The third-order valence-electron chi connectivity index (χ3n) is 3.69. The minimum absolute atomic E-state index is 0.208. The number of carbonyl (C=O) groups is 3. The third-order valence-corrected chi connectivity index (χ3v) is 4.60. The Kier molecular flexibility index (Phi) is 5.46. The molecule has 2 amide bonds. The van der Waals surface area contributed by atoms with Gasteiger partial charge in [-0.1, -0.05) is 0 Å². The van der Waals surface area contributed by atoms with E-state index in [0.29, 0.717) is 11.4 Å². The van der Waals surface area contributed by atoms with Gasteiger partial charge in [0.15, 0.2) is 0 Å². The Hall–Kier alpha value is -2.87. The van der Waals surface area contributed by atoms with Crippen molar-refractivity contribution < 1.29 is 23.5 Å². The zero-order chi connectivity index (χ0) is 19.6. The lowest BCUT2D eigenvalue weighted by Crippen LogP contribution is -2.35. The molecule has 2 aromatic rings. The highest BCUT2D eigenvalue weighted by atomic mass is 32.2. The first-order valence-electron chi connectivity index (χ1n) is 8.23. The van der Waals surface area contributed by atoms with Gasteiger partial charge in [-0.25, -0.2) is 4.39 Å². The summed E-state index contributed by atoms with van der Waals surface area (Å²) >= 11 is 0.765. The van der Waals surface area contributed by atoms with Gasteiger partial charge in [-0.05, 0) is 68.1 Å². The van der Waals surface area contributed by atoms with E-state index in [1.54, 1.807) is 55.0 Å². The fraction of sp³-hybridized carbons (Fsp3) is 0.211. The molecule has 2 heterocycles. The fourth-order valence-electron chi connectivity index (χ4n) is 2.55. The number of nitrogens with zero attached hydrogens (tertiary/aromatic N) is 2. The zero-order valence-corrected chi connectivity index (χ0v) is 15.5. The second-order valence-corrected chi connectivity index (χ2v) is 7.08. The minimum Gasteiger partial charge on any atom is -0.462 e. The first-order valence-corrected chi connectivity index (χ1v) is 9.05. The summed E-state index contributed by atoms with van der Waals surface area (Å²) in [6, 6.07) is 9.45. The third kappa shape index (κ3) is 4.28. The summed E-state index contributed by atoms with van der Waals surface area (Å²) in [6.07, 6.45) is 3.01. The number of benzene rings is 1. The number of hydrogen-bond donors (Lipinski definition) is 0. The predicted molar refractivity (Wildman–Crippen MR) is 99.6 cm³/mol. The predicted octanol–water partition coefficient (Wildman–Crippen LogP) is 3.60. The van der Waals surface area contributed by atoms with Crippen LogP contribution in [0.2, 0.25) is 0 Å². The number of carbonyl (C=O) groups excluding carboxylic acids is 3. The fourth-order valence-corrected chi connectivity index (χ4v) is 3.37. The number of rotatable bonds is 5. The van der Waals surface area contributed by atoms with Crippen LogP contribution in [0.4, 0.5) is 9.18 Å². The molecule has 1 fully saturated rings. The molecule has 0 saturated carbocycles. The van der Waals surface area contributed by atoms with Crippen molar-refractivity contribution in [2.75, 3.05) is 6.54 Å². The van der Waals surface area contributed by atoms with Crippen LogP contribution in [0.15, 0.2) is 47.5 Å².